The molecule has 0 bridgehead atoms. The van der Waals surface area contributed by atoms with E-state index >= 15 is 0 Å². The summed E-state index contributed by atoms with van der Waals surface area (Å²) in [5, 5.41) is 15.1. The van der Waals surface area contributed by atoms with Gasteiger partial charge in [0.05, 0.1) is 11.1 Å². The number of hydrogen-bond acceptors (Lipinski definition) is 4. The lowest BCUT2D eigenvalue weighted by atomic mass is 10.2. The molecule has 0 spiro atoms. The Morgan fingerprint density at radius 2 is 2.25 bits per heavy atom. The van der Waals surface area contributed by atoms with Crippen molar-refractivity contribution in [1.29, 1.82) is 0 Å². The van der Waals surface area contributed by atoms with Gasteiger partial charge in [-0.25, -0.2) is 0 Å². The molecule has 0 radical (unpaired) electrons. The standard InChI is InChI=1S/C13H14ClN3O3/c1-2-16-8-11(7-15-16)9-20-13-4-3-10(6-14)5-12(13)17(18)19/h3-5,7-8H,2,6,9H2,1H3. The fraction of sp³-hybridized carbons (Fsp3) is 0.308. The molecule has 1 aromatic carbocycles. The van der Waals surface area contributed by atoms with Crippen LogP contribution in [0.25, 0.3) is 0 Å². The number of aromatic nitrogens is 2. The summed E-state index contributed by atoms with van der Waals surface area (Å²) in [6, 6.07) is 4.71. The first-order chi connectivity index (χ1) is 9.63. The van der Waals surface area contributed by atoms with Crippen molar-refractivity contribution < 1.29 is 9.66 Å². The summed E-state index contributed by atoms with van der Waals surface area (Å²) in [7, 11) is 0. The molecule has 0 aliphatic heterocycles. The van der Waals surface area contributed by atoms with Crippen LogP contribution in [0, 0.1) is 10.1 Å². The molecular formula is C13H14ClN3O3. The van der Waals surface area contributed by atoms with E-state index in [9.17, 15) is 10.1 Å². The Labute approximate surface area is 121 Å². The fourth-order valence-corrected chi connectivity index (χ4v) is 1.89. The molecule has 0 saturated heterocycles. The molecule has 0 aliphatic carbocycles. The maximum atomic E-state index is 11.0. The van der Waals surface area contributed by atoms with Crippen molar-refractivity contribution in [2.75, 3.05) is 0 Å². The van der Waals surface area contributed by atoms with Crippen LogP contribution in [0.3, 0.4) is 0 Å². The van der Waals surface area contributed by atoms with E-state index in [-0.39, 0.29) is 23.9 Å². The average Bonchev–Trinajstić information content (AvgIpc) is 2.92. The van der Waals surface area contributed by atoms with E-state index in [0.29, 0.717) is 5.56 Å². The van der Waals surface area contributed by atoms with Gasteiger partial charge in [0.15, 0.2) is 5.75 Å². The summed E-state index contributed by atoms with van der Waals surface area (Å²) in [6.45, 7) is 2.99. The molecule has 1 heterocycles. The Bertz CT molecular complexity index is 613. The summed E-state index contributed by atoms with van der Waals surface area (Å²) in [6.07, 6.45) is 3.53. The number of ether oxygens (including phenoxy) is 1. The molecule has 0 atom stereocenters. The van der Waals surface area contributed by atoms with Crippen molar-refractivity contribution in [3.05, 3.63) is 51.8 Å². The summed E-state index contributed by atoms with van der Waals surface area (Å²) < 4.78 is 7.27. The van der Waals surface area contributed by atoms with Crippen LogP contribution in [0.2, 0.25) is 0 Å². The second-order valence-electron chi connectivity index (χ2n) is 4.19. The Kier molecular flexibility index (Phi) is 4.57. The minimum absolute atomic E-state index is 0.0777. The van der Waals surface area contributed by atoms with Gasteiger partial charge in [0.25, 0.3) is 0 Å². The quantitative estimate of drug-likeness (QED) is 0.466. The van der Waals surface area contributed by atoms with Crippen molar-refractivity contribution >= 4 is 17.3 Å². The highest BCUT2D eigenvalue weighted by Crippen LogP contribution is 2.29. The van der Waals surface area contributed by atoms with Crippen LogP contribution in [-0.2, 0) is 19.0 Å². The maximum absolute atomic E-state index is 11.0. The summed E-state index contributed by atoms with van der Waals surface area (Å²) in [5.41, 5.74) is 1.47. The molecule has 0 amide bonds. The van der Waals surface area contributed by atoms with E-state index < -0.39 is 4.92 Å². The van der Waals surface area contributed by atoms with Gasteiger partial charge in [-0.2, -0.15) is 5.10 Å². The molecule has 0 aliphatic rings. The van der Waals surface area contributed by atoms with Gasteiger partial charge in [-0.15, -0.1) is 11.6 Å². The molecule has 2 rings (SSSR count). The molecule has 106 valence electrons. The van der Waals surface area contributed by atoms with Gasteiger partial charge in [0, 0.05) is 30.3 Å². The molecule has 6 nitrogen and oxygen atoms in total. The number of nitrogens with zero attached hydrogens (tertiary/aromatic N) is 3. The highest BCUT2D eigenvalue weighted by Gasteiger charge is 2.16. The maximum Gasteiger partial charge on any atom is 0.311 e. The van der Waals surface area contributed by atoms with Crippen LogP contribution >= 0.6 is 11.6 Å². The number of nitro groups is 1. The molecule has 2 aromatic rings. The zero-order valence-corrected chi connectivity index (χ0v) is 11.7. The van der Waals surface area contributed by atoms with Crippen molar-refractivity contribution in [3.8, 4) is 5.75 Å². The van der Waals surface area contributed by atoms with E-state index in [2.05, 4.69) is 5.10 Å². The van der Waals surface area contributed by atoms with Gasteiger partial charge in [-0.05, 0) is 18.6 Å². The normalized spacial score (nSPS) is 10.5. The zero-order chi connectivity index (χ0) is 14.5. The molecule has 7 heteroatoms. The van der Waals surface area contributed by atoms with E-state index in [1.165, 1.54) is 6.07 Å². The van der Waals surface area contributed by atoms with Crippen molar-refractivity contribution in [1.82, 2.24) is 9.78 Å². The summed E-state index contributed by atoms with van der Waals surface area (Å²) >= 11 is 5.67. The van der Waals surface area contributed by atoms with Gasteiger partial charge in [-0.3, -0.25) is 14.8 Å². The summed E-state index contributed by atoms with van der Waals surface area (Å²) in [5.74, 6) is 0.456. The minimum Gasteiger partial charge on any atom is -0.482 e. The number of hydrogen-bond donors (Lipinski definition) is 0. The Morgan fingerprint density at radius 1 is 1.45 bits per heavy atom. The Balaban J connectivity index is 2.14. The average molecular weight is 296 g/mol. The molecule has 0 fully saturated rings. The highest BCUT2D eigenvalue weighted by atomic mass is 35.5. The SMILES string of the molecule is CCn1cc(COc2ccc(CCl)cc2[N+](=O)[O-])cn1. The monoisotopic (exact) mass is 295 g/mol. The third-order valence-corrected chi connectivity index (χ3v) is 3.09. The number of halogens is 1. The van der Waals surface area contributed by atoms with Crippen molar-refractivity contribution in [2.24, 2.45) is 0 Å². The number of alkyl halides is 1. The highest BCUT2D eigenvalue weighted by molar-refractivity contribution is 6.17. The molecule has 1 aromatic heterocycles. The largest absolute Gasteiger partial charge is 0.482 e. The molecule has 20 heavy (non-hydrogen) atoms. The molecule has 0 N–H and O–H groups in total. The first kappa shape index (κ1) is 14.3. The first-order valence-electron chi connectivity index (χ1n) is 6.11. The number of nitro benzene ring substituents is 1. The predicted octanol–water partition coefficient (Wildman–Crippen LogP) is 3.13. The van der Waals surface area contributed by atoms with Crippen LogP contribution in [0.4, 0.5) is 5.69 Å². The minimum atomic E-state index is -0.471. The lowest BCUT2D eigenvalue weighted by Crippen LogP contribution is -1.99. The van der Waals surface area contributed by atoms with Gasteiger partial charge in [0.1, 0.15) is 6.61 Å². The van der Waals surface area contributed by atoms with Crippen molar-refractivity contribution in [2.45, 2.75) is 26.0 Å². The third kappa shape index (κ3) is 3.27. The molecular weight excluding hydrogens is 282 g/mol. The number of rotatable bonds is 6. The lowest BCUT2D eigenvalue weighted by Gasteiger charge is -2.06. The number of aryl methyl sites for hydroxylation is 1. The molecule has 0 saturated carbocycles. The van der Waals surface area contributed by atoms with E-state index in [4.69, 9.17) is 16.3 Å². The van der Waals surface area contributed by atoms with Crippen LogP contribution < -0.4 is 4.74 Å². The first-order valence-corrected chi connectivity index (χ1v) is 6.65. The van der Waals surface area contributed by atoms with Crippen LogP contribution in [-0.4, -0.2) is 14.7 Å². The second kappa shape index (κ2) is 6.38. The zero-order valence-electron chi connectivity index (χ0n) is 11.0. The van der Waals surface area contributed by atoms with Crippen LogP contribution in [0.15, 0.2) is 30.6 Å². The van der Waals surface area contributed by atoms with E-state index in [1.54, 1.807) is 23.0 Å². The lowest BCUT2D eigenvalue weighted by molar-refractivity contribution is -0.386. The molecule has 0 unspecified atom stereocenters. The van der Waals surface area contributed by atoms with Crippen LogP contribution in [0.5, 0.6) is 5.75 Å². The predicted molar refractivity (Wildman–Crippen MR) is 74.9 cm³/mol. The van der Waals surface area contributed by atoms with Gasteiger partial charge < -0.3 is 4.74 Å². The Morgan fingerprint density at radius 3 is 2.85 bits per heavy atom. The Hall–Kier alpha value is -2.08. The third-order valence-electron chi connectivity index (χ3n) is 2.78. The summed E-state index contributed by atoms with van der Waals surface area (Å²) in [4.78, 5) is 10.5. The van der Waals surface area contributed by atoms with Gasteiger partial charge >= 0.3 is 5.69 Å². The van der Waals surface area contributed by atoms with E-state index in [0.717, 1.165) is 12.1 Å². The van der Waals surface area contributed by atoms with Crippen LogP contribution in [0.1, 0.15) is 18.1 Å². The van der Waals surface area contributed by atoms with E-state index in [1.807, 2.05) is 13.1 Å². The van der Waals surface area contributed by atoms with Crippen molar-refractivity contribution in [3.63, 3.8) is 0 Å². The van der Waals surface area contributed by atoms with Gasteiger partial charge in [-0.1, -0.05) is 6.07 Å². The number of benzene rings is 1. The fourth-order valence-electron chi connectivity index (χ4n) is 1.73. The van der Waals surface area contributed by atoms with Gasteiger partial charge in [0.2, 0.25) is 0 Å². The smallest absolute Gasteiger partial charge is 0.311 e. The topological polar surface area (TPSA) is 70.2 Å². The second-order valence-corrected chi connectivity index (χ2v) is 4.45.